The Morgan fingerprint density at radius 3 is 3.00 bits per heavy atom. The highest BCUT2D eigenvalue weighted by Crippen LogP contribution is 2.32. The number of likely N-dealkylation sites (tertiary alicyclic amines) is 1. The molecule has 1 saturated heterocycles. The Morgan fingerprint density at radius 2 is 2.18 bits per heavy atom. The molecule has 0 radical (unpaired) electrons. The molecule has 4 rings (SSSR count). The first-order valence-corrected chi connectivity index (χ1v) is 9.39. The van der Waals surface area contributed by atoms with Crippen molar-refractivity contribution < 1.29 is 10.0 Å². The Morgan fingerprint density at radius 1 is 1.32 bits per heavy atom. The van der Waals surface area contributed by atoms with E-state index in [2.05, 4.69) is 27.6 Å². The van der Waals surface area contributed by atoms with Gasteiger partial charge >= 0.3 is 0 Å². The van der Waals surface area contributed by atoms with E-state index in [0.29, 0.717) is 6.04 Å². The topological polar surface area (TPSA) is 83.3 Å². The number of carbonyl (C=O) groups excluding carboxylic acids is 1. The second kappa shape index (κ2) is 7.92. The summed E-state index contributed by atoms with van der Waals surface area (Å²) in [6.07, 6.45) is 8.62. The molecule has 144 valence electrons. The van der Waals surface area contributed by atoms with Gasteiger partial charge in [-0.05, 0) is 56.3 Å². The first kappa shape index (κ1) is 18.3. The fourth-order valence-electron chi connectivity index (χ4n) is 3.85. The maximum Gasteiger partial charge on any atom is 0.267 e. The number of aromatic nitrogens is 3. The van der Waals surface area contributed by atoms with Gasteiger partial charge < -0.3 is 9.47 Å². The van der Waals surface area contributed by atoms with Gasteiger partial charge in [0, 0.05) is 36.6 Å². The van der Waals surface area contributed by atoms with Gasteiger partial charge in [-0.3, -0.25) is 15.0 Å². The Balaban J connectivity index is 1.79. The number of amides is 1. The van der Waals surface area contributed by atoms with Crippen molar-refractivity contribution in [3.05, 3.63) is 54.4 Å². The van der Waals surface area contributed by atoms with E-state index in [9.17, 15) is 4.79 Å². The maximum atomic E-state index is 11.3. The molecule has 7 nitrogen and oxygen atoms in total. The largest absolute Gasteiger partial charge is 0.319 e. The summed E-state index contributed by atoms with van der Waals surface area (Å²) < 4.78 is 2.33. The number of hydroxylamine groups is 1. The third kappa shape index (κ3) is 3.67. The maximum absolute atomic E-state index is 11.3. The van der Waals surface area contributed by atoms with Gasteiger partial charge in [0.25, 0.3) is 5.91 Å². The number of fused-ring (bicyclic) bond motifs is 1. The van der Waals surface area contributed by atoms with Gasteiger partial charge in [-0.25, -0.2) is 10.5 Å². The van der Waals surface area contributed by atoms with Crippen LogP contribution in [0.3, 0.4) is 0 Å². The van der Waals surface area contributed by atoms with Crippen molar-refractivity contribution in [1.29, 1.82) is 0 Å². The van der Waals surface area contributed by atoms with Crippen LogP contribution in [0.25, 0.3) is 28.5 Å². The summed E-state index contributed by atoms with van der Waals surface area (Å²) in [4.78, 5) is 22.8. The molecule has 28 heavy (non-hydrogen) atoms. The Bertz CT molecular complexity index is 1030. The van der Waals surface area contributed by atoms with Crippen LogP contribution >= 0.6 is 0 Å². The number of pyridine rings is 1. The molecular formula is C21H23N5O2. The summed E-state index contributed by atoms with van der Waals surface area (Å²) in [5.74, 6) is 0.304. The Labute approximate surface area is 163 Å². The SMILES string of the molecule is CN1CCC[C@@H](n2c(-c3cncc(C=CC(=O)NO)c3)nc3ccccc32)C1. The molecule has 0 bridgehead atoms. The first-order valence-electron chi connectivity index (χ1n) is 9.39. The van der Waals surface area contributed by atoms with Crippen LogP contribution in [0.2, 0.25) is 0 Å². The summed E-state index contributed by atoms with van der Waals surface area (Å²) in [6.45, 7) is 2.10. The zero-order valence-corrected chi connectivity index (χ0v) is 15.7. The van der Waals surface area contributed by atoms with Crippen LogP contribution in [0.1, 0.15) is 24.4 Å². The van der Waals surface area contributed by atoms with Crippen LogP contribution in [-0.2, 0) is 4.79 Å². The van der Waals surface area contributed by atoms with E-state index in [4.69, 9.17) is 10.2 Å². The summed E-state index contributed by atoms with van der Waals surface area (Å²) in [6, 6.07) is 10.5. The van der Waals surface area contributed by atoms with E-state index >= 15 is 0 Å². The van der Waals surface area contributed by atoms with Crippen LogP contribution in [0, 0.1) is 0 Å². The quantitative estimate of drug-likeness (QED) is 0.415. The standard InChI is InChI=1S/C21H23N5O2/c1-25-10-4-5-17(14-25)26-19-7-3-2-6-18(19)23-21(26)16-11-15(12-22-13-16)8-9-20(27)24-28/h2-3,6-9,11-13,17,28H,4-5,10,14H2,1H3,(H,24,27)/t17-/m1/s1. The van der Waals surface area contributed by atoms with Gasteiger partial charge in [0.15, 0.2) is 0 Å². The summed E-state index contributed by atoms with van der Waals surface area (Å²) in [5, 5.41) is 8.64. The molecule has 1 atom stereocenters. The van der Waals surface area contributed by atoms with Crippen LogP contribution < -0.4 is 5.48 Å². The summed E-state index contributed by atoms with van der Waals surface area (Å²) in [7, 11) is 2.16. The molecule has 2 N–H and O–H groups in total. The number of nitrogens with zero attached hydrogens (tertiary/aromatic N) is 4. The number of carbonyl (C=O) groups is 1. The van der Waals surface area contributed by atoms with E-state index in [0.717, 1.165) is 53.9 Å². The van der Waals surface area contributed by atoms with Crippen molar-refractivity contribution in [1.82, 2.24) is 24.9 Å². The smallest absolute Gasteiger partial charge is 0.267 e. The number of rotatable bonds is 4. The number of hydrogen-bond donors (Lipinski definition) is 2. The van der Waals surface area contributed by atoms with Crippen molar-refractivity contribution in [3.63, 3.8) is 0 Å². The van der Waals surface area contributed by atoms with Crippen molar-refractivity contribution in [2.45, 2.75) is 18.9 Å². The lowest BCUT2D eigenvalue weighted by Gasteiger charge is -2.32. The number of benzene rings is 1. The fourth-order valence-corrected chi connectivity index (χ4v) is 3.85. The third-order valence-corrected chi connectivity index (χ3v) is 5.12. The predicted molar refractivity (Wildman–Crippen MR) is 108 cm³/mol. The zero-order valence-electron chi connectivity index (χ0n) is 15.7. The number of hydrogen-bond acceptors (Lipinski definition) is 5. The fraction of sp³-hybridized carbons (Fsp3) is 0.286. The van der Waals surface area contributed by atoms with Gasteiger partial charge in [-0.2, -0.15) is 0 Å². The minimum atomic E-state index is -0.581. The van der Waals surface area contributed by atoms with Gasteiger partial charge in [-0.1, -0.05) is 12.1 Å². The molecule has 2 aromatic heterocycles. The van der Waals surface area contributed by atoms with E-state index in [1.807, 2.05) is 24.3 Å². The van der Waals surface area contributed by atoms with E-state index in [1.165, 1.54) is 6.08 Å². The molecule has 1 aliphatic rings. The summed E-state index contributed by atoms with van der Waals surface area (Å²) in [5.41, 5.74) is 5.34. The first-order chi connectivity index (χ1) is 13.7. The highest BCUT2D eigenvalue weighted by atomic mass is 16.5. The molecule has 0 spiro atoms. The van der Waals surface area contributed by atoms with Crippen molar-refractivity contribution in [2.24, 2.45) is 0 Å². The van der Waals surface area contributed by atoms with Crippen molar-refractivity contribution >= 4 is 23.0 Å². The normalized spacial score (nSPS) is 18.0. The van der Waals surface area contributed by atoms with Crippen LogP contribution in [0.4, 0.5) is 0 Å². The second-order valence-electron chi connectivity index (χ2n) is 7.17. The molecule has 1 amide bonds. The molecule has 1 aromatic carbocycles. The predicted octanol–water partition coefficient (Wildman–Crippen LogP) is 2.88. The Hall–Kier alpha value is -3.03. The number of imidazole rings is 1. The molecule has 1 fully saturated rings. The highest BCUT2D eigenvalue weighted by Gasteiger charge is 2.24. The Kier molecular flexibility index (Phi) is 5.18. The number of nitrogens with one attached hydrogen (secondary N) is 1. The van der Waals surface area contributed by atoms with Crippen LogP contribution in [-0.4, -0.2) is 50.7 Å². The van der Waals surface area contributed by atoms with Crippen molar-refractivity contribution in [2.75, 3.05) is 20.1 Å². The van der Waals surface area contributed by atoms with Gasteiger partial charge in [-0.15, -0.1) is 0 Å². The molecule has 3 aromatic rings. The van der Waals surface area contributed by atoms with E-state index in [1.54, 1.807) is 23.9 Å². The zero-order chi connectivity index (χ0) is 19.5. The van der Waals surface area contributed by atoms with Crippen LogP contribution in [0.15, 0.2) is 48.8 Å². The lowest BCUT2D eigenvalue weighted by atomic mass is 10.0. The van der Waals surface area contributed by atoms with Gasteiger partial charge in [0.1, 0.15) is 5.82 Å². The highest BCUT2D eigenvalue weighted by molar-refractivity contribution is 5.91. The third-order valence-electron chi connectivity index (χ3n) is 5.12. The molecule has 0 unspecified atom stereocenters. The second-order valence-corrected chi connectivity index (χ2v) is 7.17. The molecule has 3 heterocycles. The molecule has 0 saturated carbocycles. The minimum Gasteiger partial charge on any atom is -0.319 e. The number of para-hydroxylation sites is 2. The van der Waals surface area contributed by atoms with Gasteiger partial charge in [0.05, 0.1) is 11.0 Å². The minimum absolute atomic E-state index is 0.348. The lowest BCUT2D eigenvalue weighted by molar-refractivity contribution is -0.124. The van der Waals surface area contributed by atoms with E-state index < -0.39 is 5.91 Å². The summed E-state index contributed by atoms with van der Waals surface area (Å²) >= 11 is 0. The molecule has 7 heteroatoms. The molecule has 1 aliphatic heterocycles. The lowest BCUT2D eigenvalue weighted by Crippen LogP contribution is -2.33. The van der Waals surface area contributed by atoms with Gasteiger partial charge in [0.2, 0.25) is 0 Å². The molecule has 0 aliphatic carbocycles. The average molecular weight is 377 g/mol. The molecular weight excluding hydrogens is 354 g/mol. The van der Waals surface area contributed by atoms with Crippen LogP contribution in [0.5, 0.6) is 0 Å². The van der Waals surface area contributed by atoms with E-state index in [-0.39, 0.29) is 0 Å². The number of likely N-dealkylation sites (N-methyl/N-ethyl adjacent to an activating group) is 1. The average Bonchev–Trinajstić information content (AvgIpc) is 3.12. The van der Waals surface area contributed by atoms with Crippen molar-refractivity contribution in [3.8, 4) is 11.4 Å². The number of piperidine rings is 1. The monoisotopic (exact) mass is 377 g/mol.